The number of hydrogen-bond acceptors (Lipinski definition) is 4. The van der Waals surface area contributed by atoms with E-state index in [4.69, 9.17) is 14.6 Å². The number of benzene rings is 1. The molecule has 126 valence electrons. The highest BCUT2D eigenvalue weighted by Crippen LogP contribution is 2.28. The summed E-state index contributed by atoms with van der Waals surface area (Å²) in [7, 11) is 1.59. The number of likely N-dealkylation sites (tertiary alicyclic amines) is 1. The number of hydrogen-bond donors (Lipinski definition) is 1. The summed E-state index contributed by atoms with van der Waals surface area (Å²) in [5.74, 6) is -0.297. The second kappa shape index (κ2) is 7.85. The van der Waals surface area contributed by atoms with Gasteiger partial charge in [-0.3, -0.25) is 9.59 Å². The number of carboxylic acids is 1. The van der Waals surface area contributed by atoms with E-state index in [2.05, 4.69) is 6.92 Å². The smallest absolute Gasteiger partial charge is 0.308 e. The van der Waals surface area contributed by atoms with Crippen LogP contribution in [0.25, 0.3) is 0 Å². The van der Waals surface area contributed by atoms with Crippen LogP contribution in [0.4, 0.5) is 0 Å². The van der Waals surface area contributed by atoms with Gasteiger partial charge in [0.2, 0.25) is 5.91 Å². The molecule has 0 bridgehead atoms. The molecule has 6 nitrogen and oxygen atoms in total. The first-order valence-electron chi connectivity index (χ1n) is 7.85. The number of methoxy groups -OCH3 is 1. The Morgan fingerprint density at radius 3 is 2.83 bits per heavy atom. The zero-order valence-electron chi connectivity index (χ0n) is 13.6. The van der Waals surface area contributed by atoms with E-state index in [-0.39, 0.29) is 18.9 Å². The zero-order chi connectivity index (χ0) is 16.8. The van der Waals surface area contributed by atoms with E-state index in [9.17, 15) is 9.59 Å². The number of carboxylic acid groups (broad SMARTS) is 1. The van der Waals surface area contributed by atoms with Crippen molar-refractivity contribution in [1.82, 2.24) is 4.90 Å². The average molecular weight is 321 g/mol. The van der Waals surface area contributed by atoms with Crippen molar-refractivity contribution >= 4 is 11.9 Å². The number of carbonyl (C=O) groups is 2. The molecule has 0 spiro atoms. The molecule has 1 unspecified atom stereocenters. The second-order valence-electron chi connectivity index (χ2n) is 5.69. The van der Waals surface area contributed by atoms with Gasteiger partial charge in [-0.2, -0.15) is 0 Å². The van der Waals surface area contributed by atoms with Crippen LogP contribution in [-0.2, 0) is 16.1 Å². The Labute approximate surface area is 136 Å². The maximum Gasteiger partial charge on any atom is 0.308 e. The second-order valence-corrected chi connectivity index (χ2v) is 5.69. The van der Waals surface area contributed by atoms with Crippen molar-refractivity contribution in [2.24, 2.45) is 5.92 Å². The third-order valence-electron chi connectivity index (χ3n) is 3.95. The Kier molecular flexibility index (Phi) is 5.84. The summed E-state index contributed by atoms with van der Waals surface area (Å²) < 4.78 is 11.0. The lowest BCUT2D eigenvalue weighted by molar-refractivity contribution is -0.141. The molecule has 0 aromatic heterocycles. The monoisotopic (exact) mass is 321 g/mol. The molecule has 23 heavy (non-hydrogen) atoms. The van der Waals surface area contributed by atoms with E-state index in [0.29, 0.717) is 24.7 Å². The van der Waals surface area contributed by atoms with Crippen molar-refractivity contribution in [3.63, 3.8) is 0 Å². The van der Waals surface area contributed by atoms with E-state index >= 15 is 0 Å². The highest BCUT2D eigenvalue weighted by Gasteiger charge is 2.34. The fraction of sp³-hybridized carbons (Fsp3) is 0.529. The van der Waals surface area contributed by atoms with Gasteiger partial charge in [-0.25, -0.2) is 0 Å². The third kappa shape index (κ3) is 4.37. The lowest BCUT2D eigenvalue weighted by atomic mass is 10.1. The van der Waals surface area contributed by atoms with Gasteiger partial charge < -0.3 is 19.5 Å². The Balaban J connectivity index is 2.11. The van der Waals surface area contributed by atoms with Gasteiger partial charge in [0, 0.05) is 31.1 Å². The van der Waals surface area contributed by atoms with Crippen molar-refractivity contribution in [2.45, 2.75) is 32.7 Å². The predicted octanol–water partition coefficient (Wildman–Crippen LogP) is 2.31. The topological polar surface area (TPSA) is 76.1 Å². The van der Waals surface area contributed by atoms with Gasteiger partial charge in [-0.05, 0) is 18.6 Å². The molecule has 0 aliphatic carbocycles. The van der Waals surface area contributed by atoms with Crippen LogP contribution < -0.4 is 9.47 Å². The summed E-state index contributed by atoms with van der Waals surface area (Å²) in [5, 5.41) is 9.06. The van der Waals surface area contributed by atoms with Crippen molar-refractivity contribution in [3.05, 3.63) is 23.8 Å². The molecule has 1 fully saturated rings. The number of carbonyl (C=O) groups excluding carboxylic acids is 1. The summed E-state index contributed by atoms with van der Waals surface area (Å²) in [5.41, 5.74) is 0.862. The molecule has 1 aromatic rings. The quantitative estimate of drug-likeness (QED) is 0.744. The van der Waals surface area contributed by atoms with Crippen molar-refractivity contribution in [1.29, 1.82) is 0 Å². The molecule has 1 aliphatic rings. The van der Waals surface area contributed by atoms with Crippen molar-refractivity contribution < 1.29 is 24.2 Å². The van der Waals surface area contributed by atoms with Crippen LogP contribution in [0, 0.1) is 5.92 Å². The first kappa shape index (κ1) is 17.1. The average Bonchev–Trinajstić information content (AvgIpc) is 2.90. The van der Waals surface area contributed by atoms with Crippen LogP contribution in [0.5, 0.6) is 11.5 Å². The predicted molar refractivity (Wildman–Crippen MR) is 84.6 cm³/mol. The molecule has 1 atom stereocenters. The van der Waals surface area contributed by atoms with E-state index < -0.39 is 11.9 Å². The summed E-state index contributed by atoms with van der Waals surface area (Å²) in [6.45, 7) is 3.29. The summed E-state index contributed by atoms with van der Waals surface area (Å²) in [6.07, 6.45) is 2.04. The number of unbranched alkanes of at least 4 members (excludes halogenated alkanes) is 1. The molecule has 1 heterocycles. The molecule has 2 rings (SSSR count). The number of ether oxygens (including phenoxy) is 2. The first-order valence-corrected chi connectivity index (χ1v) is 7.85. The van der Waals surface area contributed by atoms with E-state index in [1.165, 1.54) is 0 Å². The minimum Gasteiger partial charge on any atom is -0.497 e. The lowest BCUT2D eigenvalue weighted by Crippen LogP contribution is -2.26. The largest absolute Gasteiger partial charge is 0.497 e. The molecule has 0 saturated carbocycles. The van der Waals surface area contributed by atoms with E-state index in [1.807, 2.05) is 12.1 Å². The maximum absolute atomic E-state index is 12.0. The van der Waals surface area contributed by atoms with Crippen LogP contribution in [0.2, 0.25) is 0 Å². The number of nitrogens with zero attached hydrogens (tertiary/aromatic N) is 1. The van der Waals surface area contributed by atoms with Gasteiger partial charge in [0.15, 0.2) is 0 Å². The highest BCUT2D eigenvalue weighted by molar-refractivity contribution is 5.86. The molecular formula is C17H23NO5. The van der Waals surface area contributed by atoms with Crippen LogP contribution in [-0.4, -0.2) is 42.1 Å². The van der Waals surface area contributed by atoms with Gasteiger partial charge in [-0.15, -0.1) is 0 Å². The minimum absolute atomic E-state index is 0.0670. The summed E-state index contributed by atoms with van der Waals surface area (Å²) in [4.78, 5) is 24.6. The number of amides is 1. The highest BCUT2D eigenvalue weighted by atomic mass is 16.5. The van der Waals surface area contributed by atoms with Gasteiger partial charge >= 0.3 is 5.97 Å². The number of aliphatic carboxylic acids is 1. The first-order chi connectivity index (χ1) is 11.0. The fourth-order valence-electron chi connectivity index (χ4n) is 2.55. The van der Waals surface area contributed by atoms with Crippen LogP contribution >= 0.6 is 0 Å². The van der Waals surface area contributed by atoms with Gasteiger partial charge in [0.25, 0.3) is 0 Å². The number of rotatable bonds is 8. The van der Waals surface area contributed by atoms with Crippen LogP contribution in [0.15, 0.2) is 18.2 Å². The summed E-state index contributed by atoms with van der Waals surface area (Å²) >= 11 is 0. The summed E-state index contributed by atoms with van der Waals surface area (Å²) in [6, 6.07) is 5.49. The third-order valence-corrected chi connectivity index (χ3v) is 3.95. The van der Waals surface area contributed by atoms with Gasteiger partial charge in [0.1, 0.15) is 11.5 Å². The van der Waals surface area contributed by atoms with E-state index in [0.717, 1.165) is 18.4 Å². The lowest BCUT2D eigenvalue weighted by Gasteiger charge is -2.19. The Morgan fingerprint density at radius 1 is 1.43 bits per heavy atom. The molecule has 6 heteroatoms. The van der Waals surface area contributed by atoms with E-state index in [1.54, 1.807) is 18.1 Å². The molecule has 1 N–H and O–H groups in total. The molecule has 0 radical (unpaired) electrons. The van der Waals surface area contributed by atoms with Crippen LogP contribution in [0.1, 0.15) is 31.7 Å². The normalized spacial score (nSPS) is 17.4. The van der Waals surface area contributed by atoms with Crippen molar-refractivity contribution in [2.75, 3.05) is 20.3 Å². The zero-order valence-corrected chi connectivity index (χ0v) is 13.6. The fourth-order valence-corrected chi connectivity index (χ4v) is 2.55. The molecule has 1 saturated heterocycles. The molecule has 1 aliphatic heterocycles. The Morgan fingerprint density at radius 2 is 2.22 bits per heavy atom. The maximum atomic E-state index is 12.0. The SMILES string of the molecule is CCCCOc1cc(OC)ccc1CN1CC(C(=O)O)CC1=O. The van der Waals surface area contributed by atoms with Crippen molar-refractivity contribution in [3.8, 4) is 11.5 Å². The standard InChI is InChI=1S/C17H23NO5/c1-3-4-7-23-15-9-14(22-2)6-5-12(15)10-18-11-13(17(20)21)8-16(18)19/h5-6,9,13H,3-4,7-8,10-11H2,1-2H3,(H,20,21). The molecule has 1 aromatic carbocycles. The molecular weight excluding hydrogens is 298 g/mol. The minimum atomic E-state index is -0.921. The molecule has 1 amide bonds. The van der Waals surface area contributed by atoms with Crippen LogP contribution in [0.3, 0.4) is 0 Å². The Hall–Kier alpha value is -2.24. The van der Waals surface area contributed by atoms with Gasteiger partial charge in [-0.1, -0.05) is 13.3 Å². The van der Waals surface area contributed by atoms with Gasteiger partial charge in [0.05, 0.1) is 19.6 Å². The Bertz CT molecular complexity index is 572.